The first-order valence-corrected chi connectivity index (χ1v) is 6.66. The Labute approximate surface area is 99.4 Å². The molecule has 0 bridgehead atoms. The Hall–Kier alpha value is -0.570. The number of nitrogens with one attached hydrogen (secondary N) is 2. The van der Waals surface area contributed by atoms with Crippen molar-refractivity contribution in [3.8, 4) is 0 Å². The number of amides is 1. The van der Waals surface area contributed by atoms with Crippen LogP contribution < -0.4 is 10.6 Å². The zero-order valence-corrected chi connectivity index (χ0v) is 10.7. The van der Waals surface area contributed by atoms with Crippen LogP contribution in [0.2, 0.25) is 0 Å². The van der Waals surface area contributed by atoms with Gasteiger partial charge in [-0.05, 0) is 50.6 Å². The molecule has 1 aliphatic rings. The summed E-state index contributed by atoms with van der Waals surface area (Å²) in [5.41, 5.74) is 0. The molecule has 94 valence electrons. The number of hydrogen-bond acceptors (Lipinski definition) is 2. The Kier molecular flexibility index (Phi) is 6.46. The molecular weight excluding hydrogens is 200 g/mol. The average Bonchev–Trinajstić information content (AvgIpc) is 2.25. The lowest BCUT2D eigenvalue weighted by atomic mass is 9.94. The minimum Gasteiger partial charge on any atom is -0.356 e. The fourth-order valence-electron chi connectivity index (χ4n) is 2.16. The molecule has 0 aliphatic carbocycles. The van der Waals surface area contributed by atoms with Gasteiger partial charge in [-0.25, -0.2) is 0 Å². The third-order valence-corrected chi connectivity index (χ3v) is 3.21. The van der Waals surface area contributed by atoms with E-state index in [1.165, 1.54) is 6.42 Å². The molecule has 0 aromatic heterocycles. The van der Waals surface area contributed by atoms with Gasteiger partial charge in [-0.1, -0.05) is 13.8 Å². The maximum absolute atomic E-state index is 11.6. The van der Waals surface area contributed by atoms with Crippen LogP contribution in [0.5, 0.6) is 0 Å². The summed E-state index contributed by atoms with van der Waals surface area (Å²) in [6.07, 6.45) is 5.34. The van der Waals surface area contributed by atoms with E-state index in [0.29, 0.717) is 5.92 Å². The van der Waals surface area contributed by atoms with Crippen molar-refractivity contribution in [2.24, 2.45) is 11.8 Å². The standard InChI is InChI=1S/C13H26N2O/c1-11(2)4-3-7-15-13(16)10-12-5-8-14-9-6-12/h11-12,14H,3-10H2,1-2H3,(H,15,16). The van der Waals surface area contributed by atoms with Gasteiger partial charge in [0.25, 0.3) is 0 Å². The number of rotatable bonds is 6. The molecule has 0 aromatic rings. The fraction of sp³-hybridized carbons (Fsp3) is 0.923. The van der Waals surface area contributed by atoms with Crippen molar-refractivity contribution < 1.29 is 4.79 Å². The van der Waals surface area contributed by atoms with Gasteiger partial charge in [0.15, 0.2) is 0 Å². The van der Waals surface area contributed by atoms with E-state index in [1.807, 2.05) is 0 Å². The summed E-state index contributed by atoms with van der Waals surface area (Å²) in [6, 6.07) is 0. The van der Waals surface area contributed by atoms with Crippen molar-refractivity contribution in [3.63, 3.8) is 0 Å². The molecule has 0 radical (unpaired) electrons. The van der Waals surface area contributed by atoms with E-state index in [0.717, 1.165) is 51.2 Å². The van der Waals surface area contributed by atoms with Crippen LogP contribution in [0.1, 0.15) is 46.0 Å². The van der Waals surface area contributed by atoms with Crippen LogP contribution in [0, 0.1) is 11.8 Å². The number of hydrogen-bond donors (Lipinski definition) is 2. The fourth-order valence-corrected chi connectivity index (χ4v) is 2.16. The van der Waals surface area contributed by atoms with Crippen LogP contribution in [0.15, 0.2) is 0 Å². The molecule has 1 heterocycles. The third kappa shape index (κ3) is 6.11. The zero-order chi connectivity index (χ0) is 11.8. The summed E-state index contributed by atoms with van der Waals surface area (Å²) >= 11 is 0. The number of carbonyl (C=O) groups excluding carboxylic acids is 1. The highest BCUT2D eigenvalue weighted by atomic mass is 16.1. The van der Waals surface area contributed by atoms with Crippen LogP contribution in [0.4, 0.5) is 0 Å². The summed E-state index contributed by atoms with van der Waals surface area (Å²) < 4.78 is 0. The van der Waals surface area contributed by atoms with Crippen molar-refractivity contribution >= 4 is 5.91 Å². The second kappa shape index (κ2) is 7.66. The summed E-state index contributed by atoms with van der Waals surface area (Å²) in [4.78, 5) is 11.6. The minimum atomic E-state index is 0.246. The molecule has 1 fully saturated rings. The van der Waals surface area contributed by atoms with E-state index in [1.54, 1.807) is 0 Å². The molecule has 0 aromatic carbocycles. The van der Waals surface area contributed by atoms with Crippen molar-refractivity contribution in [1.82, 2.24) is 10.6 Å². The van der Waals surface area contributed by atoms with E-state index in [-0.39, 0.29) is 5.91 Å². The molecule has 16 heavy (non-hydrogen) atoms. The van der Waals surface area contributed by atoms with E-state index < -0.39 is 0 Å². The maximum Gasteiger partial charge on any atom is 0.220 e. The Bertz CT molecular complexity index is 198. The second-order valence-electron chi connectivity index (χ2n) is 5.28. The van der Waals surface area contributed by atoms with Gasteiger partial charge in [0.2, 0.25) is 5.91 Å². The van der Waals surface area contributed by atoms with Gasteiger partial charge < -0.3 is 10.6 Å². The number of piperidine rings is 1. The Morgan fingerprint density at radius 3 is 2.69 bits per heavy atom. The lowest BCUT2D eigenvalue weighted by Gasteiger charge is -2.21. The van der Waals surface area contributed by atoms with Crippen molar-refractivity contribution in [3.05, 3.63) is 0 Å². The molecule has 0 unspecified atom stereocenters. The summed E-state index contributed by atoms with van der Waals surface area (Å²) in [6.45, 7) is 7.44. The minimum absolute atomic E-state index is 0.246. The largest absolute Gasteiger partial charge is 0.356 e. The SMILES string of the molecule is CC(C)CCCNC(=O)CC1CCNCC1. The van der Waals surface area contributed by atoms with E-state index >= 15 is 0 Å². The molecule has 2 N–H and O–H groups in total. The van der Waals surface area contributed by atoms with Crippen molar-refractivity contribution in [2.75, 3.05) is 19.6 Å². The first kappa shape index (κ1) is 13.5. The van der Waals surface area contributed by atoms with Crippen LogP contribution in [-0.4, -0.2) is 25.5 Å². The van der Waals surface area contributed by atoms with Crippen LogP contribution in [0.25, 0.3) is 0 Å². The summed E-state index contributed by atoms with van der Waals surface area (Å²) in [7, 11) is 0. The molecule has 0 spiro atoms. The van der Waals surface area contributed by atoms with E-state index in [9.17, 15) is 4.79 Å². The molecular formula is C13H26N2O. The van der Waals surface area contributed by atoms with E-state index in [2.05, 4.69) is 24.5 Å². The topological polar surface area (TPSA) is 41.1 Å². The maximum atomic E-state index is 11.6. The molecule has 0 saturated carbocycles. The highest BCUT2D eigenvalue weighted by molar-refractivity contribution is 5.76. The molecule has 1 saturated heterocycles. The molecule has 1 rings (SSSR count). The van der Waals surface area contributed by atoms with Crippen LogP contribution in [0.3, 0.4) is 0 Å². The van der Waals surface area contributed by atoms with Gasteiger partial charge in [0, 0.05) is 13.0 Å². The first-order chi connectivity index (χ1) is 7.68. The lowest BCUT2D eigenvalue weighted by molar-refractivity contribution is -0.122. The summed E-state index contributed by atoms with van der Waals surface area (Å²) in [5.74, 6) is 1.59. The summed E-state index contributed by atoms with van der Waals surface area (Å²) in [5, 5.41) is 6.35. The van der Waals surface area contributed by atoms with Gasteiger partial charge in [-0.2, -0.15) is 0 Å². The van der Waals surface area contributed by atoms with Gasteiger partial charge >= 0.3 is 0 Å². The lowest BCUT2D eigenvalue weighted by Crippen LogP contribution is -2.32. The zero-order valence-electron chi connectivity index (χ0n) is 10.7. The Morgan fingerprint density at radius 1 is 1.38 bits per heavy atom. The van der Waals surface area contributed by atoms with Gasteiger partial charge in [-0.3, -0.25) is 4.79 Å². The van der Waals surface area contributed by atoms with Gasteiger partial charge in [0.05, 0.1) is 0 Å². The predicted molar refractivity (Wildman–Crippen MR) is 67.3 cm³/mol. The van der Waals surface area contributed by atoms with Gasteiger partial charge in [0.1, 0.15) is 0 Å². The number of carbonyl (C=O) groups is 1. The van der Waals surface area contributed by atoms with Crippen LogP contribution in [-0.2, 0) is 4.79 Å². The Morgan fingerprint density at radius 2 is 2.06 bits per heavy atom. The molecule has 0 atom stereocenters. The van der Waals surface area contributed by atoms with Crippen molar-refractivity contribution in [2.45, 2.75) is 46.0 Å². The van der Waals surface area contributed by atoms with Crippen LogP contribution >= 0.6 is 0 Å². The third-order valence-electron chi connectivity index (χ3n) is 3.21. The Balaban J connectivity index is 2.01. The normalized spacial score (nSPS) is 17.7. The van der Waals surface area contributed by atoms with Crippen molar-refractivity contribution in [1.29, 1.82) is 0 Å². The molecule has 1 aliphatic heterocycles. The van der Waals surface area contributed by atoms with E-state index in [4.69, 9.17) is 0 Å². The first-order valence-electron chi connectivity index (χ1n) is 6.66. The molecule has 3 nitrogen and oxygen atoms in total. The quantitative estimate of drug-likeness (QED) is 0.679. The molecule has 3 heteroatoms. The van der Waals surface area contributed by atoms with Gasteiger partial charge in [-0.15, -0.1) is 0 Å². The monoisotopic (exact) mass is 226 g/mol. The average molecular weight is 226 g/mol. The highest BCUT2D eigenvalue weighted by Crippen LogP contribution is 2.15. The molecule has 1 amide bonds. The predicted octanol–water partition coefficient (Wildman–Crippen LogP) is 1.93. The second-order valence-corrected chi connectivity index (χ2v) is 5.28. The smallest absolute Gasteiger partial charge is 0.220 e. The highest BCUT2D eigenvalue weighted by Gasteiger charge is 2.16.